The van der Waals surface area contributed by atoms with Crippen molar-refractivity contribution >= 4 is 17.6 Å². The van der Waals surface area contributed by atoms with Crippen LogP contribution in [0.25, 0.3) is 5.69 Å². The van der Waals surface area contributed by atoms with Gasteiger partial charge in [0.1, 0.15) is 24.0 Å². The van der Waals surface area contributed by atoms with E-state index >= 15 is 0 Å². The Bertz CT molecular complexity index is 924. The lowest BCUT2D eigenvalue weighted by atomic mass is 10.2. The van der Waals surface area contributed by atoms with Gasteiger partial charge in [-0.1, -0.05) is 5.16 Å². The molecule has 1 aliphatic heterocycles. The maximum Gasteiger partial charge on any atom is 0.414 e. The molecule has 134 valence electrons. The molecular weight excluding hydrogens is 341 g/mol. The number of cyclic esters (lactones) is 1. The number of imidazole rings is 1. The number of hydrogen-bond acceptors (Lipinski definition) is 6. The molecule has 3 heterocycles. The molecule has 1 aromatic carbocycles. The second-order valence-electron chi connectivity index (χ2n) is 5.86. The standard InChI is InChI=1S/C17H16FN5O3/c1-11-19-5-6-22(11)15-3-2-12(8-14(15)18)23-10-13(26-17(23)24)9-20-16-4-7-25-21-16/h2-8,13H,9-10H2,1H3,(H,20,21). The van der Waals surface area contributed by atoms with Gasteiger partial charge in [-0.3, -0.25) is 4.90 Å². The summed E-state index contributed by atoms with van der Waals surface area (Å²) in [6.07, 6.45) is 3.85. The number of rotatable bonds is 5. The largest absolute Gasteiger partial charge is 0.442 e. The van der Waals surface area contributed by atoms with Crippen LogP contribution in [-0.2, 0) is 4.74 Å². The van der Waals surface area contributed by atoms with Crippen molar-refractivity contribution in [3.05, 3.63) is 54.6 Å². The first-order valence-corrected chi connectivity index (χ1v) is 8.04. The van der Waals surface area contributed by atoms with Gasteiger partial charge in [-0.05, 0) is 25.1 Å². The van der Waals surface area contributed by atoms with E-state index < -0.39 is 11.9 Å². The molecule has 9 heteroatoms. The van der Waals surface area contributed by atoms with Gasteiger partial charge in [0, 0.05) is 18.5 Å². The highest BCUT2D eigenvalue weighted by atomic mass is 19.1. The molecule has 1 unspecified atom stereocenters. The Labute approximate surface area is 148 Å². The second-order valence-corrected chi connectivity index (χ2v) is 5.86. The number of aromatic nitrogens is 3. The zero-order valence-electron chi connectivity index (χ0n) is 13.9. The third-order valence-corrected chi connectivity index (χ3v) is 4.15. The molecule has 8 nitrogen and oxygen atoms in total. The first-order valence-electron chi connectivity index (χ1n) is 8.04. The van der Waals surface area contributed by atoms with Gasteiger partial charge in [0.15, 0.2) is 5.82 Å². The molecule has 2 aromatic heterocycles. The summed E-state index contributed by atoms with van der Waals surface area (Å²) in [7, 11) is 0. The van der Waals surface area contributed by atoms with E-state index in [1.165, 1.54) is 17.2 Å². The Kier molecular flexibility index (Phi) is 4.04. The summed E-state index contributed by atoms with van der Waals surface area (Å²) in [5.41, 5.74) is 0.818. The Balaban J connectivity index is 1.48. The van der Waals surface area contributed by atoms with Gasteiger partial charge in [0.25, 0.3) is 0 Å². The summed E-state index contributed by atoms with van der Waals surface area (Å²) in [5, 5.41) is 6.74. The average molecular weight is 357 g/mol. The molecule has 0 saturated carbocycles. The number of hydrogen-bond donors (Lipinski definition) is 1. The number of amides is 1. The molecule has 1 N–H and O–H groups in total. The number of nitrogens with one attached hydrogen (secondary N) is 1. The number of carbonyl (C=O) groups is 1. The van der Waals surface area contributed by atoms with Crippen molar-refractivity contribution in [3.8, 4) is 5.69 Å². The Morgan fingerprint density at radius 1 is 1.38 bits per heavy atom. The van der Waals surface area contributed by atoms with Crippen LogP contribution in [0.5, 0.6) is 0 Å². The van der Waals surface area contributed by atoms with E-state index in [1.807, 2.05) is 0 Å². The summed E-state index contributed by atoms with van der Waals surface area (Å²) in [6, 6.07) is 6.30. The zero-order chi connectivity index (χ0) is 18.1. The molecule has 0 aliphatic carbocycles. The lowest BCUT2D eigenvalue weighted by Gasteiger charge is -2.15. The van der Waals surface area contributed by atoms with Gasteiger partial charge >= 0.3 is 6.09 Å². The molecule has 0 spiro atoms. The van der Waals surface area contributed by atoms with Gasteiger partial charge in [0.05, 0.1) is 24.5 Å². The zero-order valence-corrected chi connectivity index (χ0v) is 13.9. The molecule has 1 aliphatic rings. The predicted molar refractivity (Wildman–Crippen MR) is 90.9 cm³/mol. The van der Waals surface area contributed by atoms with Crippen molar-refractivity contribution in [2.45, 2.75) is 13.0 Å². The lowest BCUT2D eigenvalue weighted by molar-refractivity contribution is 0.147. The molecule has 0 bridgehead atoms. The molecule has 26 heavy (non-hydrogen) atoms. The quantitative estimate of drug-likeness (QED) is 0.756. The molecule has 1 atom stereocenters. The van der Waals surface area contributed by atoms with Crippen molar-refractivity contribution in [3.63, 3.8) is 0 Å². The summed E-state index contributed by atoms with van der Waals surface area (Å²) < 4.78 is 26.2. The van der Waals surface area contributed by atoms with Gasteiger partial charge in [0.2, 0.25) is 0 Å². The molecular formula is C17H16FN5O3. The maximum absolute atomic E-state index is 14.5. The van der Waals surface area contributed by atoms with Crippen LogP contribution in [0.4, 0.5) is 20.7 Å². The smallest absolute Gasteiger partial charge is 0.414 e. The van der Waals surface area contributed by atoms with Crippen molar-refractivity contribution < 1.29 is 18.4 Å². The van der Waals surface area contributed by atoms with Gasteiger partial charge in [-0.2, -0.15) is 0 Å². The maximum atomic E-state index is 14.5. The van der Waals surface area contributed by atoms with Gasteiger partial charge in [-0.15, -0.1) is 0 Å². The average Bonchev–Trinajstić information content (AvgIpc) is 3.35. The highest BCUT2D eigenvalue weighted by molar-refractivity contribution is 5.90. The summed E-state index contributed by atoms with van der Waals surface area (Å²) in [5.74, 6) is 0.794. The summed E-state index contributed by atoms with van der Waals surface area (Å²) in [4.78, 5) is 17.6. The first kappa shape index (κ1) is 16.1. The SMILES string of the molecule is Cc1nccn1-c1ccc(N2CC(CNc3ccon3)OC2=O)cc1F. The van der Waals surface area contributed by atoms with Crippen LogP contribution in [0.3, 0.4) is 0 Å². The van der Waals surface area contributed by atoms with Gasteiger partial charge in [-0.25, -0.2) is 14.2 Å². The minimum atomic E-state index is -0.511. The number of aryl methyl sites for hydroxylation is 1. The van der Waals surface area contributed by atoms with E-state index in [-0.39, 0.29) is 6.10 Å². The Morgan fingerprint density at radius 3 is 2.96 bits per heavy atom. The van der Waals surface area contributed by atoms with Crippen LogP contribution in [0.1, 0.15) is 5.82 Å². The number of benzene rings is 1. The number of carbonyl (C=O) groups excluding carboxylic acids is 1. The number of nitrogens with zero attached hydrogens (tertiary/aromatic N) is 4. The van der Waals surface area contributed by atoms with Crippen LogP contribution in [0.2, 0.25) is 0 Å². The monoisotopic (exact) mass is 357 g/mol. The van der Waals surface area contributed by atoms with Crippen molar-refractivity contribution in [2.75, 3.05) is 23.3 Å². The van der Waals surface area contributed by atoms with Crippen LogP contribution < -0.4 is 10.2 Å². The van der Waals surface area contributed by atoms with Crippen molar-refractivity contribution in [1.82, 2.24) is 14.7 Å². The Hall–Kier alpha value is -3.36. The third kappa shape index (κ3) is 2.99. The third-order valence-electron chi connectivity index (χ3n) is 4.15. The van der Waals surface area contributed by atoms with Gasteiger partial charge < -0.3 is 19.1 Å². The van der Waals surface area contributed by atoms with Crippen LogP contribution in [0.15, 0.2) is 47.4 Å². The van der Waals surface area contributed by atoms with Crippen LogP contribution in [-0.4, -0.2) is 40.0 Å². The van der Waals surface area contributed by atoms with Crippen LogP contribution in [0, 0.1) is 12.7 Å². The molecule has 1 fully saturated rings. The molecule has 3 aromatic rings. The van der Waals surface area contributed by atoms with Crippen LogP contribution >= 0.6 is 0 Å². The van der Waals surface area contributed by atoms with Crippen molar-refractivity contribution in [2.24, 2.45) is 0 Å². The predicted octanol–water partition coefficient (Wildman–Crippen LogP) is 2.75. The van der Waals surface area contributed by atoms with E-state index in [0.29, 0.717) is 36.1 Å². The molecule has 1 saturated heterocycles. The van der Waals surface area contributed by atoms with E-state index in [2.05, 4.69) is 15.5 Å². The number of halogens is 1. The molecule has 1 amide bonds. The lowest BCUT2D eigenvalue weighted by Crippen LogP contribution is -2.27. The van der Waals surface area contributed by atoms with E-state index in [0.717, 1.165) is 0 Å². The number of ether oxygens (including phenoxy) is 1. The minimum absolute atomic E-state index is 0.312. The summed E-state index contributed by atoms with van der Waals surface area (Å²) >= 11 is 0. The second kappa shape index (κ2) is 6.51. The topological polar surface area (TPSA) is 85.4 Å². The fourth-order valence-electron chi connectivity index (χ4n) is 2.85. The normalized spacial score (nSPS) is 16.8. The van der Waals surface area contributed by atoms with Crippen molar-refractivity contribution in [1.29, 1.82) is 0 Å². The van der Waals surface area contributed by atoms with E-state index in [4.69, 9.17) is 9.26 Å². The molecule has 4 rings (SSSR count). The fourth-order valence-corrected chi connectivity index (χ4v) is 2.85. The Morgan fingerprint density at radius 2 is 2.27 bits per heavy atom. The highest BCUT2D eigenvalue weighted by Gasteiger charge is 2.32. The first-order chi connectivity index (χ1) is 12.6. The van der Waals surface area contributed by atoms with E-state index in [9.17, 15) is 9.18 Å². The fraction of sp³-hybridized carbons (Fsp3) is 0.235. The number of anilines is 2. The van der Waals surface area contributed by atoms with E-state index in [1.54, 1.807) is 42.1 Å². The highest BCUT2D eigenvalue weighted by Crippen LogP contribution is 2.26. The minimum Gasteiger partial charge on any atom is -0.442 e. The summed E-state index contributed by atoms with van der Waals surface area (Å²) in [6.45, 7) is 2.48. The molecule has 0 radical (unpaired) electrons.